The summed E-state index contributed by atoms with van der Waals surface area (Å²) < 4.78 is 48.7. The molecule has 5 N–H and O–H groups in total. The van der Waals surface area contributed by atoms with Gasteiger partial charge in [-0.2, -0.15) is 4.98 Å². The minimum atomic E-state index is -4.60. The van der Waals surface area contributed by atoms with Crippen molar-refractivity contribution in [2.45, 2.75) is 120 Å². The zero-order valence-corrected chi connectivity index (χ0v) is 40.4. The van der Waals surface area contributed by atoms with Crippen LogP contribution in [-0.4, -0.2) is 96.5 Å². The second-order valence-corrected chi connectivity index (χ2v) is 22.2. The molecule has 16 nitrogen and oxygen atoms in total. The molecule has 17 heteroatoms. The number of rotatable bonds is 14. The van der Waals surface area contributed by atoms with E-state index in [4.69, 9.17) is 14.2 Å². The Morgan fingerprint density at radius 1 is 1.00 bits per heavy atom. The van der Waals surface area contributed by atoms with Gasteiger partial charge in [-0.3, -0.25) is 9.69 Å². The molecule has 2 aliphatic carbocycles. The zero-order chi connectivity index (χ0) is 48.1. The van der Waals surface area contributed by atoms with E-state index in [1.165, 1.54) is 42.9 Å². The summed E-state index contributed by atoms with van der Waals surface area (Å²) in [4.78, 5) is 38.8. The molecule has 1 amide bonds. The molecule has 5 aromatic rings. The van der Waals surface area contributed by atoms with Gasteiger partial charge in [0.15, 0.2) is 5.75 Å². The molecule has 366 valence electrons. The average molecular weight is 962 g/mol. The highest BCUT2D eigenvalue weighted by Crippen LogP contribution is 2.54. The molecule has 2 saturated carbocycles. The summed E-state index contributed by atoms with van der Waals surface area (Å²) in [5, 5.41) is 27.3. The van der Waals surface area contributed by atoms with Crippen LogP contribution in [0.1, 0.15) is 118 Å². The number of ether oxygens (including phenoxy) is 3. The standard InChI is InChI=1S/C52H63N7O9S/c1-32(2)38-7-4-5-8-39(38)43-9-6-20-59(43)36-29-52(30-36)17-21-58(22-18-52)35-10-11-40(44(26-35)68-46-25-34-14-19-53-48(34)55-50(46)66-24-23-60)49(61)57-69(64,65)37-27-41(56-63)47-45(28-37)67-31-42(54-47)33-12-15-51(3,62)16-13-33/h4-5,7-8,10-11,14,19,25-28,32-33,36,42-43,54,60,62H,6,9,12-13,15-18,20-24,29-31H2,1-3H3,(H,53,55)(H,57,61)/t33-,42-,43-,51-/m1/s1. The number of carbonyl (C=O) groups excluding carboxylic acids is 1. The Kier molecular flexibility index (Phi) is 12.8. The van der Waals surface area contributed by atoms with E-state index in [0.717, 1.165) is 57.1 Å². The van der Waals surface area contributed by atoms with Crippen molar-refractivity contribution in [1.29, 1.82) is 0 Å². The molecule has 5 heterocycles. The third-order valence-electron chi connectivity index (χ3n) is 15.6. The van der Waals surface area contributed by atoms with E-state index in [1.54, 1.807) is 24.4 Å². The summed E-state index contributed by atoms with van der Waals surface area (Å²) in [6.45, 7) is 9.03. The number of hydrogen-bond acceptors (Lipinski definition) is 14. The number of piperidine rings is 1. The first-order valence-electron chi connectivity index (χ1n) is 24.6. The van der Waals surface area contributed by atoms with Crippen LogP contribution in [0.3, 0.4) is 0 Å². The predicted molar refractivity (Wildman–Crippen MR) is 263 cm³/mol. The minimum absolute atomic E-state index is 0.0661. The molecule has 4 fully saturated rings. The first kappa shape index (κ1) is 47.0. The van der Waals surface area contributed by atoms with Crippen LogP contribution in [0.2, 0.25) is 0 Å². The molecule has 5 aliphatic rings. The molecule has 10 rings (SSSR count). The third kappa shape index (κ3) is 9.50. The van der Waals surface area contributed by atoms with Crippen LogP contribution in [0, 0.1) is 16.2 Å². The van der Waals surface area contributed by atoms with Crippen LogP contribution >= 0.6 is 0 Å². The number of H-pyrrole nitrogens is 1. The maximum absolute atomic E-state index is 14.3. The molecule has 0 unspecified atom stereocenters. The lowest BCUT2D eigenvalue weighted by Crippen LogP contribution is -2.54. The van der Waals surface area contributed by atoms with Crippen molar-refractivity contribution < 1.29 is 37.6 Å². The Labute approximate surface area is 403 Å². The summed E-state index contributed by atoms with van der Waals surface area (Å²) in [6, 6.07) is 20.9. The van der Waals surface area contributed by atoms with Crippen molar-refractivity contribution in [3.63, 3.8) is 0 Å². The number of anilines is 2. The second-order valence-electron chi connectivity index (χ2n) is 20.5. The topological polar surface area (TPSA) is 208 Å². The van der Waals surface area contributed by atoms with Crippen molar-refractivity contribution >= 4 is 44.0 Å². The minimum Gasteiger partial charge on any atom is -0.489 e. The van der Waals surface area contributed by atoms with Crippen molar-refractivity contribution in [3.8, 4) is 23.1 Å². The first-order valence-corrected chi connectivity index (χ1v) is 26.0. The number of aliphatic hydroxyl groups excluding tert-OH is 1. The van der Waals surface area contributed by atoms with Crippen molar-refractivity contribution in [3.05, 3.63) is 94.5 Å². The second kappa shape index (κ2) is 18.9. The average Bonchev–Trinajstić information content (AvgIpc) is 4.02. The fourth-order valence-corrected chi connectivity index (χ4v) is 12.7. The number of nitroso groups, excluding NO2 is 1. The number of pyridine rings is 1. The number of hydrogen-bond donors (Lipinski definition) is 5. The normalized spacial score (nSPS) is 23.8. The number of aromatic amines is 1. The smallest absolute Gasteiger partial charge is 0.268 e. The number of carbonyl (C=O) groups is 1. The monoisotopic (exact) mass is 961 g/mol. The predicted octanol–water partition coefficient (Wildman–Crippen LogP) is 9.07. The van der Waals surface area contributed by atoms with Gasteiger partial charge in [-0.05, 0) is 142 Å². The van der Waals surface area contributed by atoms with Gasteiger partial charge in [-0.15, -0.1) is 4.91 Å². The Balaban J connectivity index is 0.878. The lowest BCUT2D eigenvalue weighted by molar-refractivity contribution is -0.0227. The number of nitrogens with one attached hydrogen (secondary N) is 3. The summed E-state index contributed by atoms with van der Waals surface area (Å²) in [7, 11) is -4.60. The molecule has 69 heavy (non-hydrogen) atoms. The Morgan fingerprint density at radius 2 is 1.78 bits per heavy atom. The number of likely N-dealkylation sites (tertiary alicyclic amines) is 1. The van der Waals surface area contributed by atoms with Crippen LogP contribution in [-0.2, 0) is 10.0 Å². The van der Waals surface area contributed by atoms with Gasteiger partial charge < -0.3 is 39.6 Å². The van der Waals surface area contributed by atoms with Gasteiger partial charge in [-0.1, -0.05) is 38.1 Å². The number of fused-ring (bicyclic) bond motifs is 2. The molecule has 1 spiro atoms. The molecule has 2 saturated heterocycles. The highest BCUT2D eigenvalue weighted by Gasteiger charge is 2.50. The van der Waals surface area contributed by atoms with E-state index < -0.39 is 21.5 Å². The fraction of sp³-hybridized carbons (Fsp3) is 0.500. The van der Waals surface area contributed by atoms with E-state index in [1.807, 2.05) is 19.1 Å². The van der Waals surface area contributed by atoms with Gasteiger partial charge in [0.25, 0.3) is 21.8 Å². The van der Waals surface area contributed by atoms with Gasteiger partial charge in [0.05, 0.1) is 28.7 Å². The number of aliphatic hydroxyl groups is 2. The summed E-state index contributed by atoms with van der Waals surface area (Å²) in [5.41, 5.74) is 3.88. The molecular formula is C52H63N7O9S. The molecule has 0 bridgehead atoms. The largest absolute Gasteiger partial charge is 0.489 e. The van der Waals surface area contributed by atoms with Crippen LogP contribution in [0.5, 0.6) is 23.1 Å². The van der Waals surface area contributed by atoms with Gasteiger partial charge in [-0.25, -0.2) is 13.1 Å². The van der Waals surface area contributed by atoms with Gasteiger partial charge in [0.1, 0.15) is 41.7 Å². The van der Waals surface area contributed by atoms with Gasteiger partial charge in [0.2, 0.25) is 0 Å². The maximum atomic E-state index is 14.3. The quantitative estimate of drug-likeness (QED) is 0.0659. The molecule has 3 aliphatic heterocycles. The van der Waals surface area contributed by atoms with E-state index in [2.05, 4.69) is 73.1 Å². The van der Waals surface area contributed by atoms with Crippen LogP contribution in [0.4, 0.5) is 17.1 Å². The Bertz CT molecular complexity index is 2820. The number of sulfonamides is 1. The van der Waals surface area contributed by atoms with E-state index in [9.17, 15) is 28.3 Å². The first-order chi connectivity index (χ1) is 33.2. The van der Waals surface area contributed by atoms with Gasteiger partial charge >= 0.3 is 0 Å². The zero-order valence-electron chi connectivity index (χ0n) is 39.6. The SMILES string of the molecule is CC(C)c1ccccc1[C@H]1CCCN1C1CC2(CCN(c3ccc(C(=O)NS(=O)(=O)c4cc(N=O)c5c(c4)OC[C@H]([C@H]4CC[C@](C)(O)CC4)N5)c(Oc4cc5cc[nH]c5nc4OCCO)c3)CC2)C1. The molecule has 3 aromatic carbocycles. The van der Waals surface area contributed by atoms with Crippen LogP contribution in [0.25, 0.3) is 11.0 Å². The summed E-state index contributed by atoms with van der Waals surface area (Å²) in [6.07, 6.45) is 11.3. The third-order valence-corrected chi connectivity index (χ3v) is 16.9. The van der Waals surface area contributed by atoms with Crippen LogP contribution in [0.15, 0.2) is 83.0 Å². The van der Waals surface area contributed by atoms with Crippen molar-refractivity contribution in [1.82, 2.24) is 19.6 Å². The fourth-order valence-electron chi connectivity index (χ4n) is 11.7. The Hall–Kier alpha value is -5.75. The van der Waals surface area contributed by atoms with E-state index in [0.29, 0.717) is 41.9 Å². The summed E-state index contributed by atoms with van der Waals surface area (Å²) >= 11 is 0. The molecule has 0 radical (unpaired) electrons. The number of benzene rings is 3. The number of nitrogens with zero attached hydrogens (tertiary/aromatic N) is 4. The number of amides is 1. The molecule has 2 atom stereocenters. The number of aromatic nitrogens is 2. The van der Waals surface area contributed by atoms with Crippen molar-refractivity contribution in [2.75, 3.05) is 49.7 Å². The Morgan fingerprint density at radius 3 is 2.54 bits per heavy atom. The van der Waals surface area contributed by atoms with E-state index >= 15 is 0 Å². The van der Waals surface area contributed by atoms with Crippen LogP contribution < -0.4 is 29.1 Å². The van der Waals surface area contributed by atoms with E-state index in [-0.39, 0.29) is 82.2 Å². The highest BCUT2D eigenvalue weighted by atomic mass is 32.2. The maximum Gasteiger partial charge on any atom is 0.268 e. The highest BCUT2D eigenvalue weighted by molar-refractivity contribution is 7.90. The summed E-state index contributed by atoms with van der Waals surface area (Å²) in [5.74, 6) is 0.126. The molecule has 2 aromatic heterocycles. The van der Waals surface area contributed by atoms with Gasteiger partial charge in [0, 0.05) is 54.6 Å². The lowest BCUT2D eigenvalue weighted by Gasteiger charge is -2.56. The van der Waals surface area contributed by atoms with Crippen molar-refractivity contribution in [2.24, 2.45) is 16.5 Å². The lowest BCUT2D eigenvalue weighted by atomic mass is 9.59. The molecular weight excluding hydrogens is 899 g/mol.